The third-order valence-corrected chi connectivity index (χ3v) is 5.85. The highest BCUT2D eigenvalue weighted by Crippen LogP contribution is 2.17. The van der Waals surface area contributed by atoms with E-state index in [2.05, 4.69) is 5.32 Å². The van der Waals surface area contributed by atoms with E-state index in [1.807, 2.05) is 6.07 Å². The third kappa shape index (κ3) is 5.38. The van der Waals surface area contributed by atoms with Crippen LogP contribution in [0.2, 0.25) is 0 Å². The summed E-state index contributed by atoms with van der Waals surface area (Å²) in [6.45, 7) is 3.66. The predicted octanol–water partition coefficient (Wildman–Crippen LogP) is 2.51. The van der Waals surface area contributed by atoms with Crippen LogP contribution in [-0.4, -0.2) is 44.3 Å². The molecule has 0 heterocycles. The quantitative estimate of drug-likeness (QED) is 0.699. The molecule has 0 spiro atoms. The maximum Gasteiger partial charge on any atom is 0.338 e. The highest BCUT2D eigenvalue weighted by molar-refractivity contribution is 7.89. The lowest BCUT2D eigenvalue weighted by Crippen LogP contribution is -2.30. The molecule has 144 valence electrons. The predicted molar refractivity (Wildman–Crippen MR) is 102 cm³/mol. The largest absolute Gasteiger partial charge is 0.452 e. The van der Waals surface area contributed by atoms with Gasteiger partial charge in [0.15, 0.2) is 6.61 Å². The maximum absolute atomic E-state index is 12.5. The molecule has 2 aromatic carbocycles. The minimum atomic E-state index is -3.68. The first-order chi connectivity index (χ1) is 12.9. The Kier molecular flexibility index (Phi) is 7.09. The number of amides is 1. The van der Waals surface area contributed by atoms with Gasteiger partial charge in [-0.2, -0.15) is 4.31 Å². The van der Waals surface area contributed by atoms with Gasteiger partial charge in [0, 0.05) is 18.8 Å². The summed E-state index contributed by atoms with van der Waals surface area (Å²) in [5.41, 5.74) is 0.654. The number of para-hydroxylation sites is 1. The fraction of sp³-hybridized carbons (Fsp3) is 0.263. The second kappa shape index (κ2) is 9.29. The second-order valence-electron chi connectivity index (χ2n) is 5.61. The first-order valence-corrected chi connectivity index (χ1v) is 9.94. The van der Waals surface area contributed by atoms with Gasteiger partial charge in [0.1, 0.15) is 0 Å². The average Bonchev–Trinajstić information content (AvgIpc) is 2.67. The monoisotopic (exact) mass is 390 g/mol. The van der Waals surface area contributed by atoms with E-state index in [0.29, 0.717) is 18.8 Å². The SMILES string of the molecule is CCN(CC)S(=O)(=O)c1cccc(C(=O)OCC(=O)Nc2ccccc2)c1. The first-order valence-electron chi connectivity index (χ1n) is 8.50. The molecule has 0 fully saturated rings. The molecule has 2 rings (SSSR count). The van der Waals surface area contributed by atoms with E-state index < -0.39 is 28.5 Å². The van der Waals surface area contributed by atoms with Crippen LogP contribution in [0.4, 0.5) is 5.69 Å². The van der Waals surface area contributed by atoms with Crippen molar-refractivity contribution in [3.63, 3.8) is 0 Å². The summed E-state index contributed by atoms with van der Waals surface area (Å²) in [5.74, 6) is -1.25. The topological polar surface area (TPSA) is 92.8 Å². The molecule has 0 saturated carbocycles. The Labute approximate surface area is 159 Å². The van der Waals surface area contributed by atoms with Crippen LogP contribution in [0.3, 0.4) is 0 Å². The van der Waals surface area contributed by atoms with Gasteiger partial charge in [-0.25, -0.2) is 13.2 Å². The van der Waals surface area contributed by atoms with Crippen molar-refractivity contribution in [1.82, 2.24) is 4.31 Å². The summed E-state index contributed by atoms with van der Waals surface area (Å²) >= 11 is 0. The molecule has 0 saturated heterocycles. The molecule has 0 unspecified atom stereocenters. The summed E-state index contributed by atoms with van der Waals surface area (Å²) < 4.78 is 31.4. The Bertz CT molecular complexity index is 893. The number of sulfonamides is 1. The normalized spacial score (nSPS) is 11.2. The number of ether oxygens (including phenoxy) is 1. The molecule has 0 bridgehead atoms. The number of carbonyl (C=O) groups is 2. The Balaban J connectivity index is 2.04. The zero-order valence-corrected chi connectivity index (χ0v) is 16.0. The van der Waals surface area contributed by atoms with Gasteiger partial charge in [-0.15, -0.1) is 0 Å². The van der Waals surface area contributed by atoms with Crippen LogP contribution in [0.1, 0.15) is 24.2 Å². The lowest BCUT2D eigenvalue weighted by atomic mass is 10.2. The number of carbonyl (C=O) groups excluding carboxylic acids is 2. The van der Waals surface area contributed by atoms with Gasteiger partial charge in [-0.3, -0.25) is 4.79 Å². The number of anilines is 1. The molecule has 2 aromatic rings. The summed E-state index contributed by atoms with van der Waals surface area (Å²) in [7, 11) is -3.68. The van der Waals surface area contributed by atoms with Crippen molar-refractivity contribution in [2.75, 3.05) is 25.0 Å². The maximum atomic E-state index is 12.5. The Morgan fingerprint density at radius 2 is 1.67 bits per heavy atom. The summed E-state index contributed by atoms with van der Waals surface area (Å²) in [5, 5.41) is 2.60. The highest BCUT2D eigenvalue weighted by Gasteiger charge is 2.23. The van der Waals surface area contributed by atoms with Gasteiger partial charge in [-0.05, 0) is 30.3 Å². The summed E-state index contributed by atoms with van der Waals surface area (Å²) in [6.07, 6.45) is 0. The van der Waals surface area contributed by atoms with E-state index in [-0.39, 0.29) is 10.5 Å². The molecule has 8 heteroatoms. The van der Waals surface area contributed by atoms with Crippen LogP contribution in [0.5, 0.6) is 0 Å². The van der Waals surface area contributed by atoms with Crippen LogP contribution >= 0.6 is 0 Å². The van der Waals surface area contributed by atoms with Crippen molar-refractivity contribution in [1.29, 1.82) is 0 Å². The molecular weight excluding hydrogens is 368 g/mol. The van der Waals surface area contributed by atoms with Gasteiger partial charge in [0.2, 0.25) is 10.0 Å². The van der Waals surface area contributed by atoms with Crippen molar-refractivity contribution >= 4 is 27.6 Å². The zero-order chi connectivity index (χ0) is 19.9. The van der Waals surface area contributed by atoms with Crippen molar-refractivity contribution in [2.45, 2.75) is 18.7 Å². The molecular formula is C19H22N2O5S. The molecule has 0 aliphatic heterocycles. The molecule has 1 N–H and O–H groups in total. The fourth-order valence-corrected chi connectivity index (χ4v) is 3.93. The van der Waals surface area contributed by atoms with Gasteiger partial charge in [0.05, 0.1) is 10.5 Å². The van der Waals surface area contributed by atoms with Crippen LogP contribution in [0.25, 0.3) is 0 Å². The number of nitrogens with zero attached hydrogens (tertiary/aromatic N) is 1. The number of hydrogen-bond acceptors (Lipinski definition) is 5. The number of esters is 1. The molecule has 0 radical (unpaired) electrons. The Hall–Kier alpha value is -2.71. The number of benzene rings is 2. The van der Waals surface area contributed by atoms with Gasteiger partial charge in [0.25, 0.3) is 5.91 Å². The smallest absolute Gasteiger partial charge is 0.338 e. The second-order valence-corrected chi connectivity index (χ2v) is 7.55. The van der Waals surface area contributed by atoms with Gasteiger partial charge in [-0.1, -0.05) is 38.1 Å². The van der Waals surface area contributed by atoms with E-state index in [1.165, 1.54) is 28.6 Å². The Morgan fingerprint density at radius 3 is 2.30 bits per heavy atom. The molecule has 0 aliphatic rings. The summed E-state index contributed by atoms with van der Waals surface area (Å²) in [6, 6.07) is 14.4. The van der Waals surface area contributed by atoms with E-state index in [9.17, 15) is 18.0 Å². The standard InChI is InChI=1S/C19H22N2O5S/c1-3-21(4-2)27(24,25)17-12-8-9-15(13-17)19(23)26-14-18(22)20-16-10-6-5-7-11-16/h5-13H,3-4,14H2,1-2H3,(H,20,22). The van der Waals surface area contributed by atoms with Crippen molar-refractivity contribution in [3.8, 4) is 0 Å². The Morgan fingerprint density at radius 1 is 1.00 bits per heavy atom. The van der Waals surface area contributed by atoms with E-state index in [4.69, 9.17) is 4.74 Å². The van der Waals surface area contributed by atoms with Crippen molar-refractivity contribution < 1.29 is 22.7 Å². The highest BCUT2D eigenvalue weighted by atomic mass is 32.2. The molecule has 0 atom stereocenters. The lowest BCUT2D eigenvalue weighted by molar-refractivity contribution is -0.119. The lowest BCUT2D eigenvalue weighted by Gasteiger charge is -2.18. The van der Waals surface area contributed by atoms with E-state index in [1.54, 1.807) is 38.1 Å². The van der Waals surface area contributed by atoms with Gasteiger partial charge < -0.3 is 10.1 Å². The van der Waals surface area contributed by atoms with Crippen molar-refractivity contribution in [3.05, 3.63) is 60.2 Å². The van der Waals surface area contributed by atoms with Crippen LogP contribution in [0.15, 0.2) is 59.5 Å². The minimum Gasteiger partial charge on any atom is -0.452 e. The number of hydrogen-bond donors (Lipinski definition) is 1. The number of nitrogens with one attached hydrogen (secondary N) is 1. The minimum absolute atomic E-state index is 0.00869. The molecule has 27 heavy (non-hydrogen) atoms. The van der Waals surface area contributed by atoms with E-state index in [0.717, 1.165) is 0 Å². The van der Waals surface area contributed by atoms with Gasteiger partial charge >= 0.3 is 5.97 Å². The zero-order valence-electron chi connectivity index (χ0n) is 15.2. The number of rotatable bonds is 8. The van der Waals surface area contributed by atoms with Crippen LogP contribution in [-0.2, 0) is 19.6 Å². The van der Waals surface area contributed by atoms with E-state index >= 15 is 0 Å². The van der Waals surface area contributed by atoms with Crippen LogP contribution in [0, 0.1) is 0 Å². The fourth-order valence-electron chi connectivity index (χ4n) is 2.43. The molecule has 0 aromatic heterocycles. The first kappa shape index (κ1) is 20.6. The summed E-state index contributed by atoms with van der Waals surface area (Å²) in [4.78, 5) is 24.0. The average molecular weight is 390 g/mol. The van der Waals surface area contributed by atoms with Crippen LogP contribution < -0.4 is 5.32 Å². The molecule has 1 amide bonds. The molecule has 7 nitrogen and oxygen atoms in total. The van der Waals surface area contributed by atoms with Crippen molar-refractivity contribution in [2.24, 2.45) is 0 Å². The molecule has 0 aliphatic carbocycles. The third-order valence-electron chi connectivity index (χ3n) is 3.80.